The van der Waals surface area contributed by atoms with E-state index in [2.05, 4.69) is 31.9 Å². The fraction of sp³-hybridized carbons (Fsp3) is 0.158. The number of nitrogens with zero attached hydrogens (tertiary/aromatic N) is 2. The lowest BCUT2D eigenvalue weighted by molar-refractivity contribution is -0.124. The van der Waals surface area contributed by atoms with Gasteiger partial charge in [-0.3, -0.25) is 4.79 Å². The van der Waals surface area contributed by atoms with Crippen LogP contribution in [0, 0.1) is 11.3 Å². The minimum Gasteiger partial charge on any atom is -0.487 e. The van der Waals surface area contributed by atoms with Crippen molar-refractivity contribution in [1.82, 2.24) is 4.90 Å². The van der Waals surface area contributed by atoms with Gasteiger partial charge in [0, 0.05) is 14.1 Å². The fourth-order valence-electron chi connectivity index (χ4n) is 2.08. The van der Waals surface area contributed by atoms with Crippen molar-refractivity contribution in [3.63, 3.8) is 0 Å². The summed E-state index contributed by atoms with van der Waals surface area (Å²) in [5.74, 6) is 0.331. The molecule has 1 amide bonds. The van der Waals surface area contributed by atoms with Crippen molar-refractivity contribution in [3.05, 3.63) is 68.1 Å². The lowest BCUT2D eigenvalue weighted by atomic mass is 10.1. The Morgan fingerprint density at radius 2 is 1.80 bits per heavy atom. The summed E-state index contributed by atoms with van der Waals surface area (Å²) >= 11 is 6.97. The Balaban J connectivity index is 2.25. The summed E-state index contributed by atoms with van der Waals surface area (Å²) in [6, 6.07) is 15.4. The Kier molecular flexibility index (Phi) is 6.80. The molecule has 0 saturated carbocycles. The van der Waals surface area contributed by atoms with Crippen molar-refractivity contribution in [1.29, 1.82) is 5.26 Å². The van der Waals surface area contributed by atoms with Crippen LogP contribution in [0.3, 0.4) is 0 Å². The molecular formula is C19H16Br2N2O2. The topological polar surface area (TPSA) is 53.3 Å². The number of halogens is 2. The Labute approximate surface area is 164 Å². The van der Waals surface area contributed by atoms with Gasteiger partial charge in [-0.05, 0) is 61.2 Å². The van der Waals surface area contributed by atoms with Crippen molar-refractivity contribution in [2.45, 2.75) is 6.61 Å². The van der Waals surface area contributed by atoms with E-state index in [4.69, 9.17) is 4.74 Å². The van der Waals surface area contributed by atoms with E-state index in [1.54, 1.807) is 20.2 Å². The number of carbonyl (C=O) groups excluding carboxylic acids is 1. The predicted octanol–water partition coefficient (Wildman–Crippen LogP) is 4.79. The van der Waals surface area contributed by atoms with Gasteiger partial charge in [-0.15, -0.1) is 0 Å². The number of likely N-dealkylation sites (N-methyl/N-ethyl adjacent to an activating group) is 1. The Bertz CT molecular complexity index is 817. The van der Waals surface area contributed by atoms with Gasteiger partial charge in [0.15, 0.2) is 0 Å². The van der Waals surface area contributed by atoms with E-state index in [-0.39, 0.29) is 11.5 Å². The fourth-order valence-corrected chi connectivity index (χ4v) is 3.53. The first-order valence-corrected chi connectivity index (χ1v) is 9.00. The van der Waals surface area contributed by atoms with Gasteiger partial charge in [0.05, 0.1) is 8.95 Å². The van der Waals surface area contributed by atoms with Gasteiger partial charge in [-0.2, -0.15) is 5.26 Å². The third kappa shape index (κ3) is 5.18. The Hall–Kier alpha value is -2.10. The Morgan fingerprint density at radius 3 is 2.32 bits per heavy atom. The molecule has 0 aliphatic rings. The van der Waals surface area contributed by atoms with E-state index in [0.29, 0.717) is 12.4 Å². The van der Waals surface area contributed by atoms with E-state index in [1.165, 1.54) is 4.90 Å². The van der Waals surface area contributed by atoms with Crippen LogP contribution in [0.5, 0.6) is 5.75 Å². The van der Waals surface area contributed by atoms with Crippen LogP contribution in [0.15, 0.2) is 57.0 Å². The van der Waals surface area contributed by atoms with Crippen LogP contribution in [-0.4, -0.2) is 24.9 Å². The summed E-state index contributed by atoms with van der Waals surface area (Å²) in [6.07, 6.45) is 1.55. The highest BCUT2D eigenvalue weighted by molar-refractivity contribution is 9.11. The summed E-state index contributed by atoms with van der Waals surface area (Å²) in [7, 11) is 3.22. The Morgan fingerprint density at radius 1 is 1.20 bits per heavy atom. The summed E-state index contributed by atoms with van der Waals surface area (Å²) in [6.45, 7) is 0.440. The molecule has 0 saturated heterocycles. The monoisotopic (exact) mass is 462 g/mol. The maximum Gasteiger partial charge on any atom is 0.264 e. The molecule has 0 atom stereocenters. The molecule has 128 valence electrons. The molecule has 25 heavy (non-hydrogen) atoms. The maximum absolute atomic E-state index is 12.0. The summed E-state index contributed by atoms with van der Waals surface area (Å²) in [5, 5.41) is 9.20. The number of hydrogen-bond acceptors (Lipinski definition) is 3. The second kappa shape index (κ2) is 8.84. The predicted molar refractivity (Wildman–Crippen MR) is 105 cm³/mol. The molecule has 0 radical (unpaired) electrons. The first-order chi connectivity index (χ1) is 11.9. The van der Waals surface area contributed by atoms with Crippen molar-refractivity contribution in [2.75, 3.05) is 14.1 Å². The van der Waals surface area contributed by atoms with Crippen LogP contribution in [0.2, 0.25) is 0 Å². The molecule has 0 heterocycles. The second-order valence-corrected chi connectivity index (χ2v) is 7.17. The van der Waals surface area contributed by atoms with E-state index in [9.17, 15) is 10.1 Å². The van der Waals surface area contributed by atoms with Crippen LogP contribution >= 0.6 is 31.9 Å². The largest absolute Gasteiger partial charge is 0.487 e. The first-order valence-electron chi connectivity index (χ1n) is 7.41. The van der Waals surface area contributed by atoms with Crippen LogP contribution in [0.25, 0.3) is 6.08 Å². The number of benzene rings is 2. The van der Waals surface area contributed by atoms with Crippen molar-refractivity contribution in [3.8, 4) is 11.8 Å². The highest BCUT2D eigenvalue weighted by Crippen LogP contribution is 2.36. The zero-order valence-electron chi connectivity index (χ0n) is 13.8. The molecule has 0 aliphatic heterocycles. The van der Waals surface area contributed by atoms with E-state index < -0.39 is 0 Å². The van der Waals surface area contributed by atoms with Gasteiger partial charge in [0.2, 0.25) is 0 Å². The lowest BCUT2D eigenvalue weighted by Gasteiger charge is -2.12. The first kappa shape index (κ1) is 19.2. The molecule has 4 nitrogen and oxygen atoms in total. The van der Waals surface area contributed by atoms with Gasteiger partial charge < -0.3 is 9.64 Å². The molecule has 0 unspecified atom stereocenters. The van der Waals surface area contributed by atoms with Gasteiger partial charge >= 0.3 is 0 Å². The van der Waals surface area contributed by atoms with Crippen molar-refractivity contribution in [2.24, 2.45) is 0 Å². The third-order valence-electron chi connectivity index (χ3n) is 3.31. The van der Waals surface area contributed by atoms with E-state index in [1.807, 2.05) is 48.5 Å². The molecule has 0 fully saturated rings. The molecule has 0 spiro atoms. The summed E-state index contributed by atoms with van der Waals surface area (Å²) < 4.78 is 7.34. The summed E-state index contributed by atoms with van der Waals surface area (Å²) in [5.41, 5.74) is 1.85. The number of nitriles is 1. The third-order valence-corrected chi connectivity index (χ3v) is 4.49. The SMILES string of the molecule is CN(C)C(=O)/C(C#N)=C\c1cc(Br)c(OCc2ccccc2)c(Br)c1. The minimum absolute atomic E-state index is 0.0711. The van der Waals surface area contributed by atoms with Crippen molar-refractivity contribution < 1.29 is 9.53 Å². The smallest absolute Gasteiger partial charge is 0.264 e. The zero-order valence-corrected chi connectivity index (χ0v) is 17.0. The number of amides is 1. The maximum atomic E-state index is 12.0. The number of ether oxygens (including phenoxy) is 1. The molecule has 0 aliphatic carbocycles. The molecule has 2 rings (SSSR count). The normalized spacial score (nSPS) is 10.9. The van der Waals surface area contributed by atoms with Crippen LogP contribution in [0.4, 0.5) is 0 Å². The molecule has 0 N–H and O–H groups in total. The minimum atomic E-state index is -0.334. The molecular weight excluding hydrogens is 448 g/mol. The standard InChI is InChI=1S/C19H16Br2N2O2/c1-23(2)19(24)15(11-22)8-14-9-16(20)18(17(21)10-14)25-12-13-6-4-3-5-7-13/h3-10H,12H2,1-2H3/b15-8-. The molecule has 2 aromatic rings. The number of rotatable bonds is 5. The second-order valence-electron chi connectivity index (χ2n) is 5.46. The van der Waals surface area contributed by atoms with Gasteiger partial charge in [-0.1, -0.05) is 30.3 Å². The van der Waals surface area contributed by atoms with Gasteiger partial charge in [0.25, 0.3) is 5.91 Å². The average Bonchev–Trinajstić information content (AvgIpc) is 2.59. The highest BCUT2D eigenvalue weighted by atomic mass is 79.9. The van der Waals surface area contributed by atoms with Gasteiger partial charge in [0.1, 0.15) is 24.0 Å². The number of carbonyl (C=O) groups is 1. The highest BCUT2D eigenvalue weighted by Gasteiger charge is 2.13. The average molecular weight is 464 g/mol. The molecule has 0 bridgehead atoms. The summed E-state index contributed by atoms with van der Waals surface area (Å²) in [4.78, 5) is 13.3. The van der Waals surface area contributed by atoms with Crippen LogP contribution < -0.4 is 4.74 Å². The lowest BCUT2D eigenvalue weighted by Crippen LogP contribution is -2.22. The van der Waals surface area contributed by atoms with Crippen LogP contribution in [0.1, 0.15) is 11.1 Å². The molecule has 2 aromatic carbocycles. The number of hydrogen-bond donors (Lipinski definition) is 0. The van der Waals surface area contributed by atoms with E-state index in [0.717, 1.165) is 20.1 Å². The quantitative estimate of drug-likeness (QED) is 0.473. The van der Waals surface area contributed by atoms with E-state index >= 15 is 0 Å². The van der Waals surface area contributed by atoms with Gasteiger partial charge in [-0.25, -0.2) is 0 Å². The van der Waals surface area contributed by atoms with Crippen LogP contribution in [-0.2, 0) is 11.4 Å². The molecule has 6 heteroatoms. The zero-order chi connectivity index (χ0) is 18.4. The van der Waals surface area contributed by atoms with Crippen molar-refractivity contribution >= 4 is 43.8 Å². The molecule has 0 aromatic heterocycles.